The number of hydrogen-bond acceptors (Lipinski definition) is 4. The SMILES string of the molecule is CCCNCc1sc(-c2ccc(F)cn2)nc1C(C)C. The molecule has 0 aromatic carbocycles. The van der Waals surface area contributed by atoms with E-state index in [1.807, 2.05) is 0 Å². The Morgan fingerprint density at radius 1 is 1.35 bits per heavy atom. The van der Waals surface area contributed by atoms with Crippen LogP contribution in [0.1, 0.15) is 43.7 Å². The summed E-state index contributed by atoms with van der Waals surface area (Å²) in [7, 11) is 0. The standard InChI is InChI=1S/C15H20FN3S/c1-4-7-17-9-13-14(10(2)3)19-15(20-13)12-6-5-11(16)8-18-12/h5-6,8,10,17H,4,7,9H2,1-3H3. The molecule has 2 rings (SSSR count). The second-order valence-electron chi connectivity index (χ2n) is 5.02. The highest BCUT2D eigenvalue weighted by Gasteiger charge is 2.15. The summed E-state index contributed by atoms with van der Waals surface area (Å²) < 4.78 is 12.9. The zero-order chi connectivity index (χ0) is 14.5. The van der Waals surface area contributed by atoms with Crippen LogP contribution in [0.25, 0.3) is 10.7 Å². The molecule has 2 aromatic heterocycles. The molecule has 0 amide bonds. The number of nitrogens with one attached hydrogen (secondary N) is 1. The van der Waals surface area contributed by atoms with Crippen LogP contribution in [0.2, 0.25) is 0 Å². The van der Waals surface area contributed by atoms with E-state index in [1.54, 1.807) is 17.4 Å². The van der Waals surface area contributed by atoms with Gasteiger partial charge in [0.15, 0.2) is 0 Å². The minimum atomic E-state index is -0.320. The molecule has 2 aromatic rings. The number of aromatic nitrogens is 2. The fraction of sp³-hybridized carbons (Fsp3) is 0.467. The van der Waals surface area contributed by atoms with Crippen LogP contribution in [0.5, 0.6) is 0 Å². The molecule has 0 aliphatic rings. The molecule has 0 radical (unpaired) electrons. The summed E-state index contributed by atoms with van der Waals surface area (Å²) in [6.07, 6.45) is 2.35. The number of hydrogen-bond donors (Lipinski definition) is 1. The first-order valence-electron chi connectivity index (χ1n) is 6.94. The molecule has 2 heterocycles. The molecule has 0 aliphatic carbocycles. The normalized spacial score (nSPS) is 11.2. The summed E-state index contributed by atoms with van der Waals surface area (Å²) in [4.78, 5) is 10.0. The molecule has 0 aliphatic heterocycles. The molecule has 0 atom stereocenters. The maximum Gasteiger partial charge on any atom is 0.142 e. The fourth-order valence-electron chi connectivity index (χ4n) is 1.93. The monoisotopic (exact) mass is 293 g/mol. The Labute approximate surface area is 123 Å². The average Bonchev–Trinajstić information content (AvgIpc) is 2.84. The number of nitrogens with zero attached hydrogens (tertiary/aromatic N) is 2. The van der Waals surface area contributed by atoms with E-state index in [4.69, 9.17) is 0 Å². The molecule has 0 bridgehead atoms. The average molecular weight is 293 g/mol. The van der Waals surface area contributed by atoms with Crippen molar-refractivity contribution in [3.05, 3.63) is 34.7 Å². The van der Waals surface area contributed by atoms with Gasteiger partial charge in [-0.1, -0.05) is 20.8 Å². The lowest BCUT2D eigenvalue weighted by molar-refractivity contribution is 0.622. The van der Waals surface area contributed by atoms with Crippen LogP contribution in [-0.2, 0) is 6.54 Å². The number of pyridine rings is 1. The maximum atomic E-state index is 12.9. The Morgan fingerprint density at radius 3 is 2.75 bits per heavy atom. The third-order valence-electron chi connectivity index (χ3n) is 2.93. The van der Waals surface area contributed by atoms with E-state index in [2.05, 4.69) is 36.1 Å². The van der Waals surface area contributed by atoms with E-state index < -0.39 is 0 Å². The van der Waals surface area contributed by atoms with Gasteiger partial charge in [-0.25, -0.2) is 9.37 Å². The molecule has 0 saturated carbocycles. The molecule has 0 fully saturated rings. The molecule has 108 valence electrons. The first kappa shape index (κ1) is 15.1. The third-order valence-corrected chi connectivity index (χ3v) is 4.03. The zero-order valence-corrected chi connectivity index (χ0v) is 12.9. The van der Waals surface area contributed by atoms with Gasteiger partial charge < -0.3 is 5.32 Å². The first-order valence-corrected chi connectivity index (χ1v) is 7.75. The summed E-state index contributed by atoms with van der Waals surface area (Å²) in [6.45, 7) is 8.26. The van der Waals surface area contributed by atoms with E-state index in [9.17, 15) is 4.39 Å². The Hall–Kier alpha value is -1.33. The second kappa shape index (κ2) is 6.90. The summed E-state index contributed by atoms with van der Waals surface area (Å²) in [5.74, 6) is 0.0538. The van der Waals surface area contributed by atoms with Gasteiger partial charge in [-0.3, -0.25) is 4.98 Å². The van der Waals surface area contributed by atoms with E-state index in [1.165, 1.54) is 17.1 Å². The summed E-state index contributed by atoms with van der Waals surface area (Å²) in [5, 5.41) is 4.27. The van der Waals surface area contributed by atoms with Gasteiger partial charge in [0.05, 0.1) is 17.6 Å². The van der Waals surface area contributed by atoms with Crippen molar-refractivity contribution in [2.24, 2.45) is 0 Å². The number of halogens is 1. The molecule has 1 N–H and O–H groups in total. The molecule has 0 spiro atoms. The summed E-state index contributed by atoms with van der Waals surface area (Å²) in [6, 6.07) is 3.11. The molecule has 3 nitrogen and oxygen atoms in total. The van der Waals surface area contributed by atoms with E-state index in [0.29, 0.717) is 5.92 Å². The number of rotatable bonds is 6. The smallest absolute Gasteiger partial charge is 0.142 e. The quantitative estimate of drug-likeness (QED) is 0.819. The van der Waals surface area contributed by atoms with Crippen molar-refractivity contribution in [1.82, 2.24) is 15.3 Å². The highest BCUT2D eigenvalue weighted by molar-refractivity contribution is 7.15. The van der Waals surface area contributed by atoms with Crippen LogP contribution in [0, 0.1) is 5.82 Å². The molecule has 5 heteroatoms. The van der Waals surface area contributed by atoms with Gasteiger partial charge >= 0.3 is 0 Å². The predicted molar refractivity (Wildman–Crippen MR) is 81.4 cm³/mol. The largest absolute Gasteiger partial charge is 0.312 e. The highest BCUT2D eigenvalue weighted by Crippen LogP contribution is 2.30. The molecule has 0 saturated heterocycles. The maximum absolute atomic E-state index is 12.9. The van der Waals surface area contributed by atoms with Gasteiger partial charge in [-0.2, -0.15) is 0 Å². The van der Waals surface area contributed by atoms with E-state index in [0.717, 1.165) is 35.9 Å². The molecule has 20 heavy (non-hydrogen) atoms. The van der Waals surface area contributed by atoms with Gasteiger partial charge in [-0.05, 0) is 31.0 Å². The van der Waals surface area contributed by atoms with E-state index >= 15 is 0 Å². The lowest BCUT2D eigenvalue weighted by Gasteiger charge is -2.05. The van der Waals surface area contributed by atoms with Gasteiger partial charge in [0.25, 0.3) is 0 Å². The highest BCUT2D eigenvalue weighted by atomic mass is 32.1. The van der Waals surface area contributed by atoms with Crippen molar-refractivity contribution in [2.75, 3.05) is 6.54 Å². The Bertz CT molecular complexity index is 549. The third kappa shape index (κ3) is 3.61. The summed E-state index contributed by atoms with van der Waals surface area (Å²) in [5.41, 5.74) is 1.85. The Kier molecular flexibility index (Phi) is 5.20. The predicted octanol–water partition coefficient (Wildman–Crippen LogP) is 3.97. The van der Waals surface area contributed by atoms with Crippen LogP contribution in [0.4, 0.5) is 4.39 Å². The fourth-order valence-corrected chi connectivity index (χ4v) is 3.09. The lowest BCUT2D eigenvalue weighted by Crippen LogP contribution is -2.14. The van der Waals surface area contributed by atoms with Crippen molar-refractivity contribution >= 4 is 11.3 Å². The Balaban J connectivity index is 2.26. The summed E-state index contributed by atoms with van der Waals surface area (Å²) >= 11 is 1.64. The molecule has 0 unspecified atom stereocenters. The van der Waals surface area contributed by atoms with Gasteiger partial charge in [-0.15, -0.1) is 11.3 Å². The molecular formula is C15H20FN3S. The van der Waals surface area contributed by atoms with Gasteiger partial charge in [0.2, 0.25) is 0 Å². The second-order valence-corrected chi connectivity index (χ2v) is 6.10. The van der Waals surface area contributed by atoms with Crippen molar-refractivity contribution in [2.45, 2.75) is 39.7 Å². The van der Waals surface area contributed by atoms with Gasteiger partial charge in [0, 0.05) is 11.4 Å². The van der Waals surface area contributed by atoms with Crippen molar-refractivity contribution in [1.29, 1.82) is 0 Å². The van der Waals surface area contributed by atoms with E-state index in [-0.39, 0.29) is 5.82 Å². The van der Waals surface area contributed by atoms with Crippen molar-refractivity contribution < 1.29 is 4.39 Å². The number of thiazole rings is 1. The van der Waals surface area contributed by atoms with Crippen LogP contribution < -0.4 is 5.32 Å². The molecular weight excluding hydrogens is 273 g/mol. The van der Waals surface area contributed by atoms with Gasteiger partial charge in [0.1, 0.15) is 10.8 Å². The topological polar surface area (TPSA) is 37.8 Å². The van der Waals surface area contributed by atoms with Crippen LogP contribution in [0.3, 0.4) is 0 Å². The minimum Gasteiger partial charge on any atom is -0.312 e. The van der Waals surface area contributed by atoms with Crippen LogP contribution >= 0.6 is 11.3 Å². The zero-order valence-electron chi connectivity index (χ0n) is 12.1. The Morgan fingerprint density at radius 2 is 2.15 bits per heavy atom. The van der Waals surface area contributed by atoms with Crippen molar-refractivity contribution in [3.63, 3.8) is 0 Å². The first-order chi connectivity index (χ1) is 9.61. The lowest BCUT2D eigenvalue weighted by atomic mass is 10.1. The van der Waals surface area contributed by atoms with Crippen LogP contribution in [-0.4, -0.2) is 16.5 Å². The minimum absolute atomic E-state index is 0.320. The van der Waals surface area contributed by atoms with Crippen molar-refractivity contribution in [3.8, 4) is 10.7 Å². The van der Waals surface area contributed by atoms with Crippen LogP contribution in [0.15, 0.2) is 18.3 Å².